The number of carbonyl (C=O) groups excluding carboxylic acids is 1. The monoisotopic (exact) mass is 257 g/mol. The molecular formula is C16H16FNO. The van der Waals surface area contributed by atoms with E-state index in [1.54, 1.807) is 12.1 Å². The molecule has 0 aliphatic carbocycles. The number of carbonyl (C=O) groups is 1. The van der Waals surface area contributed by atoms with Crippen molar-refractivity contribution in [1.29, 1.82) is 0 Å². The molecule has 0 aliphatic rings. The smallest absolute Gasteiger partial charge is 0.167 e. The molecule has 98 valence electrons. The number of nitrogens with two attached hydrogens (primary N) is 1. The Morgan fingerprint density at radius 3 is 2.58 bits per heavy atom. The molecule has 0 spiro atoms. The van der Waals surface area contributed by atoms with Gasteiger partial charge in [-0.05, 0) is 24.6 Å². The number of aryl methyl sites for hydroxylation is 1. The SMILES string of the molecule is Cc1ccc(F)c(C(=O)CC(N)c2ccccc2)c1. The Balaban J connectivity index is 2.15. The summed E-state index contributed by atoms with van der Waals surface area (Å²) >= 11 is 0. The van der Waals surface area contributed by atoms with Crippen LogP contribution in [0.5, 0.6) is 0 Å². The summed E-state index contributed by atoms with van der Waals surface area (Å²) in [5, 5.41) is 0. The lowest BCUT2D eigenvalue weighted by molar-refractivity contribution is 0.0970. The minimum atomic E-state index is -0.490. The Labute approximate surface area is 112 Å². The fraction of sp³-hybridized carbons (Fsp3) is 0.188. The van der Waals surface area contributed by atoms with E-state index in [2.05, 4.69) is 0 Å². The standard InChI is InChI=1S/C16H16FNO/c1-11-7-8-14(17)13(9-11)16(19)10-15(18)12-5-3-2-4-6-12/h2-9,15H,10,18H2,1H3. The number of hydrogen-bond acceptors (Lipinski definition) is 2. The molecule has 0 aromatic heterocycles. The van der Waals surface area contributed by atoms with Crippen LogP contribution in [0.15, 0.2) is 48.5 Å². The van der Waals surface area contributed by atoms with Gasteiger partial charge in [-0.15, -0.1) is 0 Å². The molecule has 2 aromatic carbocycles. The molecule has 0 amide bonds. The Hall–Kier alpha value is -2.00. The molecule has 3 heteroatoms. The largest absolute Gasteiger partial charge is 0.324 e. The summed E-state index contributed by atoms with van der Waals surface area (Å²) in [4.78, 5) is 12.1. The zero-order valence-corrected chi connectivity index (χ0v) is 10.8. The van der Waals surface area contributed by atoms with Crippen LogP contribution in [0.4, 0.5) is 4.39 Å². The summed E-state index contributed by atoms with van der Waals surface area (Å²) in [6.45, 7) is 1.83. The van der Waals surface area contributed by atoms with E-state index in [1.165, 1.54) is 6.07 Å². The van der Waals surface area contributed by atoms with Gasteiger partial charge in [0.15, 0.2) is 5.78 Å². The fourth-order valence-electron chi connectivity index (χ4n) is 1.98. The molecule has 19 heavy (non-hydrogen) atoms. The number of ketones is 1. The highest BCUT2D eigenvalue weighted by Crippen LogP contribution is 2.19. The van der Waals surface area contributed by atoms with Crippen molar-refractivity contribution in [2.45, 2.75) is 19.4 Å². The van der Waals surface area contributed by atoms with Crippen molar-refractivity contribution in [2.75, 3.05) is 0 Å². The van der Waals surface area contributed by atoms with Crippen LogP contribution in [0, 0.1) is 12.7 Å². The molecule has 1 unspecified atom stereocenters. The number of rotatable bonds is 4. The van der Waals surface area contributed by atoms with E-state index >= 15 is 0 Å². The first kappa shape index (κ1) is 13.4. The van der Waals surface area contributed by atoms with E-state index in [4.69, 9.17) is 5.73 Å². The van der Waals surface area contributed by atoms with Crippen LogP contribution < -0.4 is 5.73 Å². The molecule has 0 radical (unpaired) electrons. The minimum Gasteiger partial charge on any atom is -0.324 e. The summed E-state index contributed by atoms with van der Waals surface area (Å²) in [6.07, 6.45) is 0.102. The Morgan fingerprint density at radius 1 is 1.21 bits per heavy atom. The van der Waals surface area contributed by atoms with Gasteiger partial charge in [-0.2, -0.15) is 0 Å². The average molecular weight is 257 g/mol. The molecule has 0 saturated heterocycles. The fourth-order valence-corrected chi connectivity index (χ4v) is 1.98. The van der Waals surface area contributed by atoms with Gasteiger partial charge >= 0.3 is 0 Å². The molecule has 0 fully saturated rings. The van der Waals surface area contributed by atoms with Crippen molar-refractivity contribution >= 4 is 5.78 Å². The molecule has 1 atom stereocenters. The molecule has 2 N–H and O–H groups in total. The molecule has 0 bridgehead atoms. The second-order valence-electron chi connectivity index (χ2n) is 4.63. The van der Waals surface area contributed by atoms with Crippen LogP contribution in [0.2, 0.25) is 0 Å². The predicted molar refractivity (Wildman–Crippen MR) is 73.5 cm³/mol. The van der Waals surface area contributed by atoms with Gasteiger partial charge in [0.25, 0.3) is 0 Å². The molecule has 2 aromatic rings. The van der Waals surface area contributed by atoms with Crippen LogP contribution in [0.3, 0.4) is 0 Å². The highest BCUT2D eigenvalue weighted by atomic mass is 19.1. The Bertz CT molecular complexity index is 581. The zero-order valence-electron chi connectivity index (χ0n) is 10.8. The van der Waals surface area contributed by atoms with Gasteiger partial charge in [-0.1, -0.05) is 42.0 Å². The highest BCUT2D eigenvalue weighted by molar-refractivity contribution is 5.96. The van der Waals surface area contributed by atoms with Crippen LogP contribution in [0.1, 0.15) is 33.9 Å². The molecule has 0 aliphatic heterocycles. The first-order valence-corrected chi connectivity index (χ1v) is 6.18. The van der Waals surface area contributed by atoms with Gasteiger partial charge in [0.1, 0.15) is 5.82 Å². The molecule has 0 saturated carbocycles. The van der Waals surface area contributed by atoms with Crippen molar-refractivity contribution in [3.8, 4) is 0 Å². The summed E-state index contributed by atoms with van der Waals surface area (Å²) in [6, 6.07) is 13.5. The van der Waals surface area contributed by atoms with Gasteiger partial charge in [-0.25, -0.2) is 4.39 Å². The van der Waals surface area contributed by atoms with Gasteiger partial charge in [0.2, 0.25) is 0 Å². The normalized spacial score (nSPS) is 12.2. The summed E-state index contributed by atoms with van der Waals surface area (Å²) in [5.74, 6) is -0.756. The van der Waals surface area contributed by atoms with Crippen molar-refractivity contribution in [1.82, 2.24) is 0 Å². The number of benzene rings is 2. The van der Waals surface area contributed by atoms with Gasteiger partial charge in [-0.3, -0.25) is 4.79 Å². The van der Waals surface area contributed by atoms with E-state index in [-0.39, 0.29) is 17.8 Å². The third-order valence-electron chi connectivity index (χ3n) is 3.06. The lowest BCUT2D eigenvalue weighted by Crippen LogP contribution is -2.16. The first-order valence-electron chi connectivity index (χ1n) is 6.18. The number of hydrogen-bond donors (Lipinski definition) is 1. The van der Waals surface area contributed by atoms with E-state index < -0.39 is 11.9 Å². The molecular weight excluding hydrogens is 241 g/mol. The topological polar surface area (TPSA) is 43.1 Å². The van der Waals surface area contributed by atoms with Crippen LogP contribution in [-0.4, -0.2) is 5.78 Å². The Kier molecular flexibility index (Phi) is 4.07. The van der Waals surface area contributed by atoms with Gasteiger partial charge in [0.05, 0.1) is 5.56 Å². The lowest BCUT2D eigenvalue weighted by Gasteiger charge is -2.11. The third-order valence-corrected chi connectivity index (χ3v) is 3.06. The van der Waals surface area contributed by atoms with Crippen LogP contribution in [-0.2, 0) is 0 Å². The number of Topliss-reactive ketones (excluding diaryl/α,β-unsaturated/α-hetero) is 1. The van der Waals surface area contributed by atoms with Crippen LogP contribution >= 0.6 is 0 Å². The second kappa shape index (κ2) is 5.76. The van der Waals surface area contributed by atoms with E-state index in [0.717, 1.165) is 11.1 Å². The van der Waals surface area contributed by atoms with Crippen molar-refractivity contribution < 1.29 is 9.18 Å². The third kappa shape index (κ3) is 3.26. The van der Waals surface area contributed by atoms with Crippen molar-refractivity contribution in [3.05, 3.63) is 71.0 Å². The van der Waals surface area contributed by atoms with Gasteiger partial charge < -0.3 is 5.73 Å². The maximum absolute atomic E-state index is 13.6. The maximum atomic E-state index is 13.6. The predicted octanol–water partition coefficient (Wildman–Crippen LogP) is 3.41. The molecule has 2 nitrogen and oxygen atoms in total. The van der Waals surface area contributed by atoms with Crippen molar-refractivity contribution in [3.63, 3.8) is 0 Å². The summed E-state index contributed by atoms with van der Waals surface area (Å²) < 4.78 is 13.6. The molecule has 2 rings (SSSR count). The van der Waals surface area contributed by atoms with Crippen LogP contribution in [0.25, 0.3) is 0 Å². The van der Waals surface area contributed by atoms with E-state index in [0.29, 0.717) is 0 Å². The Morgan fingerprint density at radius 2 is 1.89 bits per heavy atom. The molecule has 0 heterocycles. The summed E-state index contributed by atoms with van der Waals surface area (Å²) in [5.41, 5.74) is 7.83. The van der Waals surface area contributed by atoms with Crippen molar-refractivity contribution in [2.24, 2.45) is 5.73 Å². The number of halogens is 1. The van der Waals surface area contributed by atoms with E-state index in [9.17, 15) is 9.18 Å². The first-order chi connectivity index (χ1) is 9.08. The quantitative estimate of drug-likeness (QED) is 0.853. The highest BCUT2D eigenvalue weighted by Gasteiger charge is 2.16. The summed E-state index contributed by atoms with van der Waals surface area (Å²) in [7, 11) is 0. The minimum absolute atomic E-state index is 0.102. The van der Waals surface area contributed by atoms with E-state index in [1.807, 2.05) is 37.3 Å². The lowest BCUT2D eigenvalue weighted by atomic mass is 9.97. The van der Waals surface area contributed by atoms with Gasteiger partial charge in [0, 0.05) is 12.5 Å². The zero-order chi connectivity index (χ0) is 13.8. The maximum Gasteiger partial charge on any atom is 0.167 e. The second-order valence-corrected chi connectivity index (χ2v) is 4.63. The average Bonchev–Trinajstić information content (AvgIpc) is 2.42.